The van der Waals surface area contributed by atoms with Crippen molar-refractivity contribution in [2.45, 2.75) is 12.8 Å². The van der Waals surface area contributed by atoms with Crippen LogP contribution in [-0.4, -0.2) is 0 Å². The standard InChI is InChI=1S/C6H9/c1-4-5-6(2)3/h2H,1,3-5H2. The minimum absolute atomic E-state index is 0.727. The molecule has 0 atom stereocenters. The third-order valence-corrected chi connectivity index (χ3v) is 0.498. The highest BCUT2D eigenvalue weighted by Gasteiger charge is 1.84. The second kappa shape index (κ2) is 2.87. The third kappa shape index (κ3) is 3.65. The summed E-state index contributed by atoms with van der Waals surface area (Å²) in [6.07, 6.45) is 1.70. The Hall–Kier alpha value is -0.350. The van der Waals surface area contributed by atoms with Crippen molar-refractivity contribution in [2.75, 3.05) is 0 Å². The van der Waals surface area contributed by atoms with Crippen molar-refractivity contribution in [1.29, 1.82) is 0 Å². The van der Waals surface area contributed by atoms with E-state index in [4.69, 9.17) is 6.58 Å². The molecule has 0 aromatic rings. The molecule has 0 unspecified atom stereocenters. The van der Waals surface area contributed by atoms with Crippen molar-refractivity contribution >= 4 is 0 Å². The summed E-state index contributed by atoms with van der Waals surface area (Å²) in [5.41, 5.74) is 0.727. The molecule has 0 heteroatoms. The first-order chi connectivity index (χ1) is 2.77. The first kappa shape index (κ1) is 5.65. The Bertz CT molecular complexity index is 44.0. The lowest BCUT2D eigenvalue weighted by Gasteiger charge is -1.84. The maximum atomic E-state index is 5.17. The molecule has 0 aromatic carbocycles. The molecule has 0 amide bonds. The van der Waals surface area contributed by atoms with E-state index in [1.54, 1.807) is 0 Å². The smallest absolute Gasteiger partial charge is 0.205 e. The molecule has 0 saturated heterocycles. The normalized spacial score (nSPS) is 8.17. The van der Waals surface area contributed by atoms with Crippen LogP contribution >= 0.6 is 0 Å². The number of hydrogen-bond acceptors (Lipinski definition) is 0. The van der Waals surface area contributed by atoms with E-state index in [0.717, 1.165) is 18.4 Å². The van der Waals surface area contributed by atoms with Gasteiger partial charge in [0.05, 0.1) is 0 Å². The number of allylic oxidation sites excluding steroid dienone is 1. The average Bonchev–Trinajstić information content (AvgIpc) is 1.35. The molecule has 0 nitrogen and oxygen atoms in total. The lowest BCUT2D eigenvalue weighted by atomic mass is 10.2. The molecule has 0 aromatic heterocycles. The van der Waals surface area contributed by atoms with Crippen molar-refractivity contribution in [3.8, 4) is 0 Å². The number of rotatable bonds is 2. The second-order valence-corrected chi connectivity index (χ2v) is 1.26. The van der Waals surface area contributed by atoms with Crippen LogP contribution in [0.1, 0.15) is 12.8 Å². The van der Waals surface area contributed by atoms with Crippen molar-refractivity contribution < 1.29 is 0 Å². The van der Waals surface area contributed by atoms with Crippen LogP contribution in [0.3, 0.4) is 0 Å². The summed E-state index contributed by atoms with van der Waals surface area (Å²) in [6, 6.07) is 0. The van der Waals surface area contributed by atoms with Gasteiger partial charge in [-0.2, -0.15) is 6.42 Å². The summed E-state index contributed by atoms with van der Waals surface area (Å²) in [6.45, 7) is 12.2. The first-order valence-corrected chi connectivity index (χ1v) is 2.00. The molecule has 0 saturated carbocycles. The Morgan fingerprint density at radius 3 is 2.33 bits per heavy atom. The van der Waals surface area contributed by atoms with Crippen molar-refractivity contribution in [1.82, 2.24) is 0 Å². The van der Waals surface area contributed by atoms with Crippen LogP contribution < -0.4 is 0 Å². The summed E-state index contributed by atoms with van der Waals surface area (Å²) < 4.78 is 0. The Morgan fingerprint density at radius 2 is 2.33 bits per heavy atom. The van der Waals surface area contributed by atoms with Gasteiger partial charge in [0, 0.05) is 6.92 Å². The van der Waals surface area contributed by atoms with E-state index in [9.17, 15) is 0 Å². The van der Waals surface area contributed by atoms with Gasteiger partial charge in [-0.1, -0.05) is 0 Å². The quantitative estimate of drug-likeness (QED) is 0.444. The van der Waals surface area contributed by atoms with Gasteiger partial charge < -0.3 is 6.92 Å². The van der Waals surface area contributed by atoms with Gasteiger partial charge in [-0.3, -0.25) is 0 Å². The lowest BCUT2D eigenvalue weighted by molar-refractivity contribution is 1.01. The van der Waals surface area contributed by atoms with Crippen LogP contribution in [0.2, 0.25) is 0 Å². The van der Waals surface area contributed by atoms with E-state index in [0.29, 0.717) is 0 Å². The van der Waals surface area contributed by atoms with E-state index in [-0.39, 0.29) is 0 Å². The maximum absolute atomic E-state index is 5.17. The maximum Gasteiger partial charge on any atom is 0.205 e. The highest BCUT2D eigenvalue weighted by Crippen LogP contribution is 1.95. The van der Waals surface area contributed by atoms with Crippen LogP contribution in [0.4, 0.5) is 0 Å². The molecule has 0 fully saturated rings. The molecule has 33 valence electrons. The molecular weight excluding hydrogens is 72.1 g/mol. The van der Waals surface area contributed by atoms with Crippen LogP contribution in [0.15, 0.2) is 5.57 Å². The van der Waals surface area contributed by atoms with E-state index in [1.807, 2.05) is 0 Å². The van der Waals surface area contributed by atoms with Crippen LogP contribution in [-0.2, 0) is 0 Å². The highest BCUT2D eigenvalue weighted by molar-refractivity contribution is 4.93. The fourth-order valence-electron chi connectivity index (χ4n) is 0.227. The predicted molar refractivity (Wildman–Crippen MR) is 27.8 cm³/mol. The van der Waals surface area contributed by atoms with Gasteiger partial charge >= 0.3 is 0 Å². The minimum atomic E-state index is 0.727. The van der Waals surface area contributed by atoms with Gasteiger partial charge in [-0.05, 0) is 6.42 Å². The minimum Gasteiger partial charge on any atom is -0.343 e. The van der Waals surface area contributed by atoms with Crippen molar-refractivity contribution in [3.63, 3.8) is 0 Å². The average molecular weight is 81.1 g/mol. The molecular formula is C6H9. The van der Waals surface area contributed by atoms with Gasteiger partial charge in [-0.25, -0.2) is 0 Å². The molecule has 0 aliphatic heterocycles. The first-order valence-electron chi connectivity index (χ1n) is 2.00. The SMILES string of the molecule is [CH+]=C([CH2])CC[CH2-]. The van der Waals surface area contributed by atoms with Crippen LogP contribution in [0.5, 0.6) is 0 Å². The summed E-state index contributed by atoms with van der Waals surface area (Å²) in [5.74, 6) is 0. The topological polar surface area (TPSA) is 0 Å². The molecule has 0 aliphatic rings. The van der Waals surface area contributed by atoms with Gasteiger partial charge in [0.2, 0.25) is 6.58 Å². The van der Waals surface area contributed by atoms with Crippen molar-refractivity contribution in [2.24, 2.45) is 0 Å². The Kier molecular flexibility index (Phi) is 2.70. The Morgan fingerprint density at radius 1 is 1.83 bits per heavy atom. The third-order valence-electron chi connectivity index (χ3n) is 0.498. The van der Waals surface area contributed by atoms with Crippen LogP contribution in [0, 0.1) is 20.4 Å². The van der Waals surface area contributed by atoms with E-state index < -0.39 is 0 Å². The zero-order valence-electron chi connectivity index (χ0n) is 3.91. The predicted octanol–water partition coefficient (Wildman–Crippen LogP) is 1.79. The largest absolute Gasteiger partial charge is 0.343 e. The molecule has 0 rings (SSSR count). The van der Waals surface area contributed by atoms with Gasteiger partial charge in [0.25, 0.3) is 0 Å². The van der Waals surface area contributed by atoms with Gasteiger partial charge in [-0.15, -0.1) is 0 Å². The van der Waals surface area contributed by atoms with Crippen LogP contribution in [0.25, 0.3) is 0 Å². The monoisotopic (exact) mass is 81.1 g/mol. The summed E-state index contributed by atoms with van der Waals surface area (Å²) >= 11 is 0. The summed E-state index contributed by atoms with van der Waals surface area (Å²) in [5, 5.41) is 0. The molecule has 0 bridgehead atoms. The Balaban J connectivity index is 2.83. The lowest BCUT2D eigenvalue weighted by Crippen LogP contribution is -1.68. The molecule has 0 spiro atoms. The highest BCUT2D eigenvalue weighted by atomic mass is 13.8. The van der Waals surface area contributed by atoms with Gasteiger partial charge in [0.1, 0.15) is 0 Å². The number of hydrogen-bond donors (Lipinski definition) is 0. The molecule has 1 radical (unpaired) electrons. The van der Waals surface area contributed by atoms with E-state index >= 15 is 0 Å². The second-order valence-electron chi connectivity index (χ2n) is 1.26. The van der Waals surface area contributed by atoms with E-state index in [2.05, 4.69) is 13.8 Å². The zero-order chi connectivity index (χ0) is 4.99. The van der Waals surface area contributed by atoms with Crippen molar-refractivity contribution in [3.05, 3.63) is 26.0 Å². The fraction of sp³-hybridized carbons (Fsp3) is 0.333. The molecule has 0 heterocycles. The molecule has 0 N–H and O–H groups in total. The zero-order valence-corrected chi connectivity index (χ0v) is 3.91. The Labute approximate surface area is 39.9 Å². The van der Waals surface area contributed by atoms with E-state index in [1.165, 1.54) is 0 Å². The summed E-state index contributed by atoms with van der Waals surface area (Å²) in [4.78, 5) is 0. The molecule has 0 aliphatic carbocycles. The summed E-state index contributed by atoms with van der Waals surface area (Å²) in [7, 11) is 0. The molecule has 6 heavy (non-hydrogen) atoms. The fourth-order valence-corrected chi connectivity index (χ4v) is 0.227. The van der Waals surface area contributed by atoms with Gasteiger partial charge in [0.15, 0.2) is 5.57 Å².